The number of benzene rings is 1. The van der Waals surface area contributed by atoms with Gasteiger partial charge in [-0.2, -0.15) is 0 Å². The van der Waals surface area contributed by atoms with Crippen LogP contribution in [0.2, 0.25) is 0 Å². The smallest absolute Gasteiger partial charge is 0.259 e. The third-order valence-electron chi connectivity index (χ3n) is 6.08. The minimum Gasteiger partial charge on any atom is -0.375 e. The summed E-state index contributed by atoms with van der Waals surface area (Å²) in [6, 6.07) is 6.58. The third kappa shape index (κ3) is 2.98. The molecule has 2 atom stereocenters. The van der Waals surface area contributed by atoms with Gasteiger partial charge < -0.3 is 10.3 Å². The fraction of sp³-hybridized carbons (Fsp3) is 0.455. The summed E-state index contributed by atoms with van der Waals surface area (Å²) in [6.45, 7) is 4.35. The topological polar surface area (TPSA) is 57.8 Å². The number of aryl methyl sites for hydroxylation is 3. The van der Waals surface area contributed by atoms with Crippen molar-refractivity contribution in [3.8, 4) is 0 Å². The number of aromatic nitrogens is 2. The molecule has 1 aromatic carbocycles. The zero-order chi connectivity index (χ0) is 18.5. The SMILES string of the molecule is C[C@H]1CCc2c(sc3nc([C@H](C)Nc4ccc5c(c4)CCC5)[nH]c(=O)c23)C1. The number of aromatic amines is 1. The molecule has 2 aliphatic rings. The predicted octanol–water partition coefficient (Wildman–Crippen LogP) is 4.77. The molecular weight excluding hydrogens is 354 g/mol. The molecule has 2 aliphatic carbocycles. The molecular formula is C22H25N3OS. The summed E-state index contributed by atoms with van der Waals surface area (Å²) >= 11 is 1.71. The molecule has 2 N–H and O–H groups in total. The highest BCUT2D eigenvalue weighted by Gasteiger charge is 2.23. The maximum absolute atomic E-state index is 12.8. The largest absolute Gasteiger partial charge is 0.375 e. The van der Waals surface area contributed by atoms with Crippen LogP contribution in [0.5, 0.6) is 0 Å². The molecule has 2 aromatic heterocycles. The molecule has 0 saturated carbocycles. The molecule has 0 bridgehead atoms. The number of nitrogens with zero attached hydrogens (tertiary/aromatic N) is 1. The van der Waals surface area contributed by atoms with Gasteiger partial charge in [0.2, 0.25) is 0 Å². The van der Waals surface area contributed by atoms with Crippen molar-refractivity contribution in [2.75, 3.05) is 5.32 Å². The van der Waals surface area contributed by atoms with E-state index in [4.69, 9.17) is 4.98 Å². The van der Waals surface area contributed by atoms with Crippen molar-refractivity contribution in [1.82, 2.24) is 9.97 Å². The van der Waals surface area contributed by atoms with Gasteiger partial charge in [-0.1, -0.05) is 13.0 Å². The molecule has 0 aliphatic heterocycles. The molecule has 27 heavy (non-hydrogen) atoms. The van der Waals surface area contributed by atoms with Crippen LogP contribution in [0.1, 0.15) is 60.1 Å². The van der Waals surface area contributed by atoms with Crippen LogP contribution in [-0.2, 0) is 25.7 Å². The van der Waals surface area contributed by atoms with Crippen molar-refractivity contribution in [2.45, 2.75) is 58.4 Å². The lowest BCUT2D eigenvalue weighted by Gasteiger charge is -2.17. The van der Waals surface area contributed by atoms with Gasteiger partial charge >= 0.3 is 0 Å². The van der Waals surface area contributed by atoms with E-state index in [0.717, 1.165) is 41.0 Å². The first-order valence-corrected chi connectivity index (χ1v) is 10.8. The number of anilines is 1. The van der Waals surface area contributed by atoms with Crippen molar-refractivity contribution < 1.29 is 0 Å². The summed E-state index contributed by atoms with van der Waals surface area (Å²) in [5, 5.41) is 4.35. The highest BCUT2D eigenvalue weighted by molar-refractivity contribution is 7.18. The molecule has 5 heteroatoms. The molecule has 0 radical (unpaired) electrons. The van der Waals surface area contributed by atoms with Crippen LogP contribution in [0.3, 0.4) is 0 Å². The van der Waals surface area contributed by atoms with Gasteiger partial charge in [0.1, 0.15) is 10.7 Å². The van der Waals surface area contributed by atoms with Gasteiger partial charge in [-0.25, -0.2) is 4.98 Å². The second-order valence-electron chi connectivity index (χ2n) is 8.19. The molecule has 3 aromatic rings. The van der Waals surface area contributed by atoms with Crippen LogP contribution in [0, 0.1) is 5.92 Å². The van der Waals surface area contributed by atoms with E-state index in [-0.39, 0.29) is 11.6 Å². The van der Waals surface area contributed by atoms with Gasteiger partial charge in [-0.05, 0) is 80.2 Å². The Morgan fingerprint density at radius 2 is 2.11 bits per heavy atom. The van der Waals surface area contributed by atoms with E-state index in [0.29, 0.717) is 5.92 Å². The Bertz CT molecular complexity index is 1080. The second-order valence-corrected chi connectivity index (χ2v) is 9.27. The second kappa shape index (κ2) is 6.48. The number of hydrogen-bond donors (Lipinski definition) is 2. The van der Waals surface area contributed by atoms with E-state index in [1.165, 1.54) is 40.8 Å². The predicted molar refractivity (Wildman–Crippen MR) is 112 cm³/mol. The quantitative estimate of drug-likeness (QED) is 0.689. The highest BCUT2D eigenvalue weighted by atomic mass is 32.1. The van der Waals surface area contributed by atoms with E-state index in [2.05, 4.69) is 42.3 Å². The minimum absolute atomic E-state index is 0.0182. The van der Waals surface area contributed by atoms with Gasteiger partial charge in [0.15, 0.2) is 0 Å². The summed E-state index contributed by atoms with van der Waals surface area (Å²) in [5.74, 6) is 1.42. The van der Waals surface area contributed by atoms with Crippen LogP contribution in [0.4, 0.5) is 5.69 Å². The van der Waals surface area contributed by atoms with Crippen molar-refractivity contribution in [3.63, 3.8) is 0 Å². The average Bonchev–Trinajstić information content (AvgIpc) is 3.24. The lowest BCUT2D eigenvalue weighted by atomic mass is 9.89. The Morgan fingerprint density at radius 1 is 1.26 bits per heavy atom. The molecule has 2 heterocycles. The number of thiophene rings is 1. The molecule has 0 amide bonds. The number of H-pyrrole nitrogens is 1. The number of rotatable bonds is 3. The van der Waals surface area contributed by atoms with Gasteiger partial charge in [-0.3, -0.25) is 4.79 Å². The first kappa shape index (κ1) is 17.0. The Kier molecular flexibility index (Phi) is 4.08. The Morgan fingerprint density at radius 3 is 3.00 bits per heavy atom. The summed E-state index contributed by atoms with van der Waals surface area (Å²) < 4.78 is 0. The first-order chi connectivity index (χ1) is 13.1. The molecule has 0 spiro atoms. The van der Waals surface area contributed by atoms with Crippen LogP contribution >= 0.6 is 11.3 Å². The molecule has 0 fully saturated rings. The van der Waals surface area contributed by atoms with Crippen LogP contribution in [0.25, 0.3) is 10.2 Å². The van der Waals surface area contributed by atoms with E-state index in [1.807, 2.05) is 0 Å². The average molecular weight is 380 g/mol. The molecule has 4 nitrogen and oxygen atoms in total. The van der Waals surface area contributed by atoms with Crippen molar-refractivity contribution in [1.29, 1.82) is 0 Å². The van der Waals surface area contributed by atoms with E-state index < -0.39 is 0 Å². The fourth-order valence-corrected chi connectivity index (χ4v) is 5.94. The molecule has 140 valence electrons. The van der Waals surface area contributed by atoms with Crippen LogP contribution in [-0.4, -0.2) is 9.97 Å². The Hall–Kier alpha value is -2.14. The zero-order valence-electron chi connectivity index (χ0n) is 15.9. The van der Waals surface area contributed by atoms with Gasteiger partial charge in [-0.15, -0.1) is 11.3 Å². The lowest BCUT2D eigenvalue weighted by Crippen LogP contribution is -2.18. The van der Waals surface area contributed by atoms with Crippen LogP contribution < -0.4 is 10.9 Å². The number of nitrogens with one attached hydrogen (secondary N) is 2. The minimum atomic E-state index is -0.0420. The van der Waals surface area contributed by atoms with Crippen molar-refractivity contribution in [3.05, 3.63) is 55.9 Å². The maximum atomic E-state index is 12.8. The monoisotopic (exact) mass is 379 g/mol. The van der Waals surface area contributed by atoms with Crippen molar-refractivity contribution >= 4 is 27.2 Å². The normalized spacial score (nSPS) is 19.7. The van der Waals surface area contributed by atoms with E-state index >= 15 is 0 Å². The van der Waals surface area contributed by atoms with Gasteiger partial charge in [0.25, 0.3) is 5.56 Å². The Labute approximate surface area is 163 Å². The zero-order valence-corrected chi connectivity index (χ0v) is 16.7. The summed E-state index contributed by atoms with van der Waals surface area (Å²) in [7, 11) is 0. The lowest BCUT2D eigenvalue weighted by molar-refractivity contribution is 0.509. The Balaban J connectivity index is 1.47. The van der Waals surface area contributed by atoms with Gasteiger partial charge in [0.05, 0.1) is 11.4 Å². The summed E-state index contributed by atoms with van der Waals surface area (Å²) in [5.41, 5.74) is 5.28. The first-order valence-electron chi connectivity index (χ1n) is 10.0. The van der Waals surface area contributed by atoms with Gasteiger partial charge in [0, 0.05) is 10.6 Å². The molecule has 0 unspecified atom stereocenters. The fourth-order valence-electron chi connectivity index (χ4n) is 4.55. The highest BCUT2D eigenvalue weighted by Crippen LogP contribution is 2.36. The van der Waals surface area contributed by atoms with E-state index in [9.17, 15) is 4.79 Å². The molecule has 0 saturated heterocycles. The van der Waals surface area contributed by atoms with E-state index in [1.54, 1.807) is 11.3 Å². The third-order valence-corrected chi connectivity index (χ3v) is 7.22. The number of hydrogen-bond acceptors (Lipinski definition) is 4. The standard InChI is InChI=1S/C22H25N3OS/c1-12-6-9-17-18(10-12)27-22-19(17)21(26)24-20(25-22)13(2)23-16-8-7-14-4-3-5-15(14)11-16/h7-8,11-13,23H,3-6,9-10H2,1-2H3,(H,24,25,26)/t12-,13-/m0/s1. The number of fused-ring (bicyclic) bond motifs is 4. The maximum Gasteiger partial charge on any atom is 0.259 e. The summed E-state index contributed by atoms with van der Waals surface area (Å²) in [4.78, 5) is 22.9. The van der Waals surface area contributed by atoms with Crippen molar-refractivity contribution in [2.24, 2.45) is 5.92 Å². The van der Waals surface area contributed by atoms with Crippen LogP contribution in [0.15, 0.2) is 23.0 Å². The summed E-state index contributed by atoms with van der Waals surface area (Å²) in [6.07, 6.45) is 6.85. The molecule has 5 rings (SSSR count).